The van der Waals surface area contributed by atoms with Gasteiger partial charge in [0.1, 0.15) is 11.5 Å². The summed E-state index contributed by atoms with van der Waals surface area (Å²) in [5, 5.41) is 3.52. The molecule has 2 N–H and O–H groups in total. The van der Waals surface area contributed by atoms with E-state index in [1.54, 1.807) is 14.2 Å². The van der Waals surface area contributed by atoms with E-state index in [0.29, 0.717) is 11.6 Å². The molecule has 0 saturated carbocycles. The zero-order valence-corrected chi connectivity index (χ0v) is 22.0. The van der Waals surface area contributed by atoms with Gasteiger partial charge in [-0.15, -0.1) is 0 Å². The summed E-state index contributed by atoms with van der Waals surface area (Å²) >= 11 is 1.44. The highest BCUT2D eigenvalue weighted by Crippen LogP contribution is 2.36. The number of amides is 1. The smallest absolute Gasteiger partial charge is 0.237 e. The van der Waals surface area contributed by atoms with E-state index in [-0.39, 0.29) is 11.2 Å². The summed E-state index contributed by atoms with van der Waals surface area (Å²) in [4.78, 5) is 21.6. The maximum atomic E-state index is 13.2. The van der Waals surface area contributed by atoms with Crippen LogP contribution in [0.25, 0.3) is 22.5 Å². The van der Waals surface area contributed by atoms with Crippen molar-refractivity contribution in [1.29, 1.82) is 0 Å². The van der Waals surface area contributed by atoms with Crippen molar-refractivity contribution in [3.05, 3.63) is 77.9 Å². The van der Waals surface area contributed by atoms with E-state index < -0.39 is 0 Å². The van der Waals surface area contributed by atoms with Gasteiger partial charge >= 0.3 is 0 Å². The zero-order chi connectivity index (χ0) is 25.7. The second kappa shape index (κ2) is 11.4. The number of rotatable bonds is 9. The fraction of sp³-hybridized carbons (Fsp3) is 0.241. The summed E-state index contributed by atoms with van der Waals surface area (Å²) in [6.07, 6.45) is 0.665. The molecule has 0 bridgehead atoms. The van der Waals surface area contributed by atoms with Gasteiger partial charge in [0.25, 0.3) is 0 Å². The number of H-pyrrole nitrogens is 1. The lowest BCUT2D eigenvalue weighted by molar-refractivity contribution is -0.115. The van der Waals surface area contributed by atoms with Gasteiger partial charge in [-0.3, -0.25) is 4.79 Å². The molecule has 4 aromatic rings. The fourth-order valence-corrected chi connectivity index (χ4v) is 4.91. The minimum absolute atomic E-state index is 0.0340. The van der Waals surface area contributed by atoms with Gasteiger partial charge in [0.2, 0.25) is 5.91 Å². The number of carbonyl (C=O) groups is 1. The molecular formula is C29H31N3O3S. The van der Waals surface area contributed by atoms with Gasteiger partial charge in [-0.2, -0.15) is 0 Å². The highest BCUT2D eigenvalue weighted by Gasteiger charge is 2.23. The first-order valence-corrected chi connectivity index (χ1v) is 12.7. The van der Waals surface area contributed by atoms with Gasteiger partial charge in [0.05, 0.1) is 30.9 Å². The van der Waals surface area contributed by atoms with Crippen molar-refractivity contribution in [3.8, 4) is 34.0 Å². The van der Waals surface area contributed by atoms with Gasteiger partial charge < -0.3 is 19.8 Å². The Bertz CT molecular complexity index is 1250. The number of thioether (sulfide) groups is 1. The van der Waals surface area contributed by atoms with Crippen LogP contribution in [0.5, 0.6) is 11.5 Å². The Morgan fingerprint density at radius 2 is 1.47 bits per heavy atom. The number of ether oxygens (including phenoxy) is 2. The largest absolute Gasteiger partial charge is 0.497 e. The number of benzene rings is 3. The fourth-order valence-electron chi connectivity index (χ4n) is 4.00. The molecule has 0 aliphatic heterocycles. The number of hydrogen-bond acceptors (Lipinski definition) is 5. The van der Waals surface area contributed by atoms with Crippen molar-refractivity contribution in [2.45, 2.75) is 37.6 Å². The van der Waals surface area contributed by atoms with Gasteiger partial charge in [0.15, 0.2) is 5.16 Å². The van der Waals surface area contributed by atoms with Crippen LogP contribution < -0.4 is 14.8 Å². The number of methoxy groups -OCH3 is 2. The van der Waals surface area contributed by atoms with Crippen LogP contribution >= 0.6 is 11.8 Å². The molecule has 36 heavy (non-hydrogen) atoms. The molecule has 0 radical (unpaired) electrons. The van der Waals surface area contributed by atoms with E-state index in [1.807, 2.05) is 87.5 Å². The molecule has 0 aliphatic rings. The van der Waals surface area contributed by atoms with Crippen LogP contribution in [0.2, 0.25) is 0 Å². The van der Waals surface area contributed by atoms with E-state index in [4.69, 9.17) is 14.5 Å². The average molecular weight is 502 g/mol. The third-order valence-electron chi connectivity index (χ3n) is 6.07. The second-order valence-electron chi connectivity index (χ2n) is 8.49. The van der Waals surface area contributed by atoms with Crippen molar-refractivity contribution in [1.82, 2.24) is 9.97 Å². The summed E-state index contributed by atoms with van der Waals surface area (Å²) in [5.74, 6) is 1.53. The second-order valence-corrected chi connectivity index (χ2v) is 9.68. The number of aromatic amines is 1. The Morgan fingerprint density at radius 1 is 0.917 bits per heavy atom. The number of aromatic nitrogens is 2. The zero-order valence-electron chi connectivity index (χ0n) is 21.2. The predicted molar refractivity (Wildman–Crippen MR) is 147 cm³/mol. The molecule has 1 unspecified atom stereocenters. The molecule has 1 amide bonds. The molecule has 3 aromatic carbocycles. The van der Waals surface area contributed by atoms with Gasteiger partial charge in [-0.25, -0.2) is 4.98 Å². The monoisotopic (exact) mass is 501 g/mol. The molecule has 1 atom stereocenters. The third kappa shape index (κ3) is 5.57. The van der Waals surface area contributed by atoms with E-state index in [0.717, 1.165) is 50.8 Å². The van der Waals surface area contributed by atoms with Crippen LogP contribution in [0.1, 0.15) is 24.5 Å². The summed E-state index contributed by atoms with van der Waals surface area (Å²) < 4.78 is 10.6. The number of nitrogens with one attached hydrogen (secondary N) is 2. The lowest BCUT2D eigenvalue weighted by Crippen LogP contribution is -2.25. The Balaban J connectivity index is 1.65. The summed E-state index contributed by atoms with van der Waals surface area (Å²) in [5.41, 5.74) is 6.60. The molecule has 1 heterocycles. The number of anilines is 1. The third-order valence-corrected chi connectivity index (χ3v) is 7.32. The average Bonchev–Trinajstić information content (AvgIpc) is 3.33. The highest BCUT2D eigenvalue weighted by molar-refractivity contribution is 8.00. The normalized spacial score (nSPS) is 11.7. The van der Waals surface area contributed by atoms with Crippen molar-refractivity contribution in [3.63, 3.8) is 0 Å². The predicted octanol–water partition coefficient (Wildman–Crippen LogP) is 6.89. The maximum Gasteiger partial charge on any atom is 0.237 e. The van der Waals surface area contributed by atoms with Crippen LogP contribution in [0.4, 0.5) is 5.69 Å². The van der Waals surface area contributed by atoms with E-state index in [9.17, 15) is 4.79 Å². The van der Waals surface area contributed by atoms with Gasteiger partial charge in [-0.1, -0.05) is 36.9 Å². The topological polar surface area (TPSA) is 76.2 Å². The Kier molecular flexibility index (Phi) is 8.00. The first kappa shape index (κ1) is 25.4. The minimum Gasteiger partial charge on any atom is -0.497 e. The molecule has 186 valence electrons. The summed E-state index contributed by atoms with van der Waals surface area (Å²) in [6.45, 7) is 6.02. The van der Waals surface area contributed by atoms with E-state index >= 15 is 0 Å². The Morgan fingerprint density at radius 3 is 2.00 bits per heavy atom. The molecule has 0 spiro atoms. The van der Waals surface area contributed by atoms with Gasteiger partial charge in [-0.05, 0) is 79.9 Å². The standard InChI is InChI=1S/C29H31N3O3S/c1-6-24(28(33)30-25-18(2)8-7-9-19(25)3)36-29-31-26(20-10-14-22(34-4)15-11-20)27(32-29)21-12-16-23(35-5)17-13-21/h7-17,24H,6H2,1-5H3,(H,30,33)(H,31,32). The van der Waals surface area contributed by atoms with Crippen LogP contribution in [0.15, 0.2) is 71.9 Å². The summed E-state index contributed by atoms with van der Waals surface area (Å²) in [7, 11) is 3.30. The lowest BCUT2D eigenvalue weighted by atomic mass is 10.0. The SMILES string of the molecule is CCC(Sc1nc(-c2ccc(OC)cc2)c(-c2ccc(OC)cc2)[nH]1)C(=O)Nc1c(C)cccc1C. The van der Waals surface area contributed by atoms with E-state index in [2.05, 4.69) is 10.3 Å². The first-order chi connectivity index (χ1) is 17.4. The number of carbonyl (C=O) groups excluding carboxylic acids is 1. The molecule has 0 saturated heterocycles. The number of nitrogens with zero attached hydrogens (tertiary/aromatic N) is 1. The van der Waals surface area contributed by atoms with Crippen molar-refractivity contribution < 1.29 is 14.3 Å². The number of imidazole rings is 1. The Hall–Kier alpha value is -3.71. The number of para-hydroxylation sites is 1. The number of hydrogen-bond donors (Lipinski definition) is 2. The summed E-state index contributed by atoms with van der Waals surface area (Å²) in [6, 6.07) is 21.7. The lowest BCUT2D eigenvalue weighted by Gasteiger charge is -2.16. The van der Waals surface area contributed by atoms with Crippen LogP contribution in [-0.2, 0) is 4.79 Å². The van der Waals surface area contributed by atoms with Crippen LogP contribution in [0, 0.1) is 13.8 Å². The van der Waals surface area contributed by atoms with Gasteiger partial charge in [0, 0.05) is 16.8 Å². The molecule has 7 heteroatoms. The molecule has 0 fully saturated rings. The Labute approximate surface area is 216 Å². The number of aryl methyl sites for hydroxylation is 2. The highest BCUT2D eigenvalue weighted by atomic mass is 32.2. The van der Waals surface area contributed by atoms with Crippen molar-refractivity contribution in [2.75, 3.05) is 19.5 Å². The molecule has 0 aliphatic carbocycles. The molecule has 1 aromatic heterocycles. The maximum absolute atomic E-state index is 13.2. The van der Waals surface area contributed by atoms with Crippen molar-refractivity contribution in [2.24, 2.45) is 0 Å². The first-order valence-electron chi connectivity index (χ1n) is 11.9. The van der Waals surface area contributed by atoms with E-state index in [1.165, 1.54) is 11.8 Å². The van der Waals surface area contributed by atoms with Crippen molar-refractivity contribution >= 4 is 23.4 Å². The minimum atomic E-state index is -0.303. The molecule has 6 nitrogen and oxygen atoms in total. The molecule has 4 rings (SSSR count). The molecular weight excluding hydrogens is 470 g/mol. The van der Waals surface area contributed by atoms with Crippen LogP contribution in [0.3, 0.4) is 0 Å². The van der Waals surface area contributed by atoms with Crippen LogP contribution in [-0.4, -0.2) is 35.3 Å². The quantitative estimate of drug-likeness (QED) is 0.244.